The summed E-state index contributed by atoms with van der Waals surface area (Å²) in [6.07, 6.45) is -3.51. The molecule has 3 amide bonds. The third-order valence-corrected chi connectivity index (χ3v) is 4.03. The van der Waals surface area contributed by atoms with Crippen molar-refractivity contribution in [1.82, 2.24) is 16.0 Å². The number of carboxylic acid groups (broad SMARTS) is 1. The van der Waals surface area contributed by atoms with Crippen molar-refractivity contribution in [1.29, 1.82) is 0 Å². The van der Waals surface area contributed by atoms with E-state index in [0.717, 1.165) is 6.42 Å². The highest BCUT2D eigenvalue weighted by Crippen LogP contribution is 2.13. The van der Waals surface area contributed by atoms with Gasteiger partial charge in [-0.15, -0.1) is 0 Å². The number of hydrogen-bond acceptors (Lipinski definition) is 7. The van der Waals surface area contributed by atoms with Gasteiger partial charge in [0.05, 0.1) is 12.1 Å². The summed E-state index contributed by atoms with van der Waals surface area (Å²) in [5, 5.41) is 24.5. The largest absolute Gasteiger partial charge is 0.490 e. The predicted molar refractivity (Wildman–Crippen MR) is 97.7 cm³/mol. The molecule has 0 radical (unpaired) electrons. The highest BCUT2D eigenvalue weighted by molar-refractivity contribution is 5.92. The molecule has 1 fully saturated rings. The van der Waals surface area contributed by atoms with Gasteiger partial charge < -0.3 is 37.6 Å². The molecule has 1 heterocycles. The van der Waals surface area contributed by atoms with Crippen molar-refractivity contribution in [3.05, 3.63) is 0 Å². The molecule has 174 valence electrons. The minimum absolute atomic E-state index is 0.309. The topological polar surface area (TPSA) is 197 Å². The van der Waals surface area contributed by atoms with E-state index >= 15 is 0 Å². The van der Waals surface area contributed by atoms with Gasteiger partial charge in [0.15, 0.2) is 0 Å². The Morgan fingerprint density at radius 2 is 1.77 bits per heavy atom. The smallest absolute Gasteiger partial charge is 0.475 e. The summed E-state index contributed by atoms with van der Waals surface area (Å²) in [7, 11) is 0. The Kier molecular flexibility index (Phi) is 11.9. The second kappa shape index (κ2) is 13.0. The zero-order valence-corrected chi connectivity index (χ0v) is 16.4. The molecule has 4 atom stereocenters. The van der Waals surface area contributed by atoms with Gasteiger partial charge in [0.25, 0.3) is 0 Å². The Morgan fingerprint density at radius 1 is 1.20 bits per heavy atom. The number of rotatable bonds is 9. The van der Waals surface area contributed by atoms with Gasteiger partial charge in [0.1, 0.15) is 12.1 Å². The van der Waals surface area contributed by atoms with Crippen LogP contribution in [0.4, 0.5) is 13.2 Å². The van der Waals surface area contributed by atoms with Crippen molar-refractivity contribution in [2.45, 2.75) is 63.0 Å². The molecule has 0 aromatic heterocycles. The molecule has 0 spiro atoms. The molecular formula is C16H28F3N5O6. The summed E-state index contributed by atoms with van der Waals surface area (Å²) in [6, 6.07) is -2.10. The van der Waals surface area contributed by atoms with Crippen LogP contribution < -0.4 is 27.4 Å². The highest BCUT2D eigenvalue weighted by atomic mass is 19.4. The summed E-state index contributed by atoms with van der Waals surface area (Å²) >= 11 is 0. The molecule has 11 nitrogen and oxygen atoms in total. The summed E-state index contributed by atoms with van der Waals surface area (Å²) < 4.78 is 31.7. The summed E-state index contributed by atoms with van der Waals surface area (Å²) in [4.78, 5) is 44.3. The number of carbonyl (C=O) groups is 4. The Morgan fingerprint density at radius 3 is 2.17 bits per heavy atom. The Balaban J connectivity index is 0.00000103. The lowest BCUT2D eigenvalue weighted by molar-refractivity contribution is -0.192. The van der Waals surface area contributed by atoms with Crippen LogP contribution in [0.5, 0.6) is 0 Å². The summed E-state index contributed by atoms with van der Waals surface area (Å²) in [6.45, 7) is 2.38. The zero-order chi connectivity index (χ0) is 23.5. The van der Waals surface area contributed by atoms with Gasteiger partial charge in [-0.1, -0.05) is 0 Å². The molecule has 0 bridgehead atoms. The highest BCUT2D eigenvalue weighted by Gasteiger charge is 2.38. The molecule has 0 aromatic carbocycles. The van der Waals surface area contributed by atoms with Crippen molar-refractivity contribution in [3.63, 3.8) is 0 Å². The molecule has 1 aliphatic heterocycles. The lowest BCUT2D eigenvalue weighted by atomic mass is 10.1. The number of amides is 3. The van der Waals surface area contributed by atoms with Crippen molar-refractivity contribution in [2.75, 3.05) is 13.1 Å². The normalized spacial score (nSPS) is 20.3. The van der Waals surface area contributed by atoms with E-state index in [1.54, 1.807) is 0 Å². The van der Waals surface area contributed by atoms with E-state index in [0.29, 0.717) is 32.4 Å². The first kappa shape index (κ1) is 27.5. The number of aliphatic hydroxyl groups excluding tert-OH is 1. The minimum atomic E-state index is -5.08. The fourth-order valence-corrected chi connectivity index (χ4v) is 2.37. The van der Waals surface area contributed by atoms with Gasteiger partial charge in [-0.25, -0.2) is 4.79 Å². The van der Waals surface area contributed by atoms with Crippen LogP contribution in [-0.4, -0.2) is 77.4 Å². The van der Waals surface area contributed by atoms with Gasteiger partial charge in [0.2, 0.25) is 17.7 Å². The number of unbranched alkanes of at least 4 members (excludes halogenated alkanes) is 1. The Hall–Kier alpha value is -2.45. The van der Waals surface area contributed by atoms with E-state index in [1.807, 2.05) is 0 Å². The Bertz CT molecular complexity index is 604. The number of carbonyl (C=O) groups excluding carboxylic acids is 3. The van der Waals surface area contributed by atoms with Gasteiger partial charge in [-0.3, -0.25) is 14.4 Å². The zero-order valence-electron chi connectivity index (χ0n) is 16.4. The number of alkyl halides is 3. The standard InChI is InChI=1S/C14H27N5O4.C2HF3O2/c1-8(18-14(23)11-6-9(20)7-17-11)13(22)19-10(12(16)21)4-2-3-5-15;3-2(4,5)1(6)7/h8-11,17,20H,2-7,15H2,1H3,(H2,16,21)(H,18,23)(H,19,22);(H,6,7)/t8-,9+,10-,11-;/m0./s1. The first-order chi connectivity index (χ1) is 13.8. The van der Waals surface area contributed by atoms with Crippen molar-refractivity contribution < 1.29 is 42.6 Å². The van der Waals surface area contributed by atoms with E-state index in [2.05, 4.69) is 16.0 Å². The first-order valence-electron chi connectivity index (χ1n) is 9.11. The first-order valence-corrected chi connectivity index (χ1v) is 9.11. The molecule has 30 heavy (non-hydrogen) atoms. The van der Waals surface area contributed by atoms with Crippen LogP contribution in [0.15, 0.2) is 0 Å². The van der Waals surface area contributed by atoms with E-state index < -0.39 is 48.2 Å². The number of carboxylic acids is 1. The van der Waals surface area contributed by atoms with Crippen LogP contribution in [0.1, 0.15) is 32.6 Å². The predicted octanol–water partition coefficient (Wildman–Crippen LogP) is -2.05. The summed E-state index contributed by atoms with van der Waals surface area (Å²) in [5.41, 5.74) is 10.7. The number of nitrogens with two attached hydrogens (primary N) is 2. The maximum Gasteiger partial charge on any atom is 0.490 e. The van der Waals surface area contributed by atoms with Crippen LogP contribution in [-0.2, 0) is 19.2 Å². The SMILES string of the molecule is C[C@H](NC(=O)[C@@H]1C[C@@H](O)CN1)C(=O)N[C@@H](CCCCN)C(N)=O.O=C(O)C(F)(F)F. The molecule has 1 saturated heterocycles. The van der Waals surface area contributed by atoms with Crippen molar-refractivity contribution in [3.8, 4) is 0 Å². The van der Waals surface area contributed by atoms with Crippen LogP contribution in [0.2, 0.25) is 0 Å². The van der Waals surface area contributed by atoms with Gasteiger partial charge in [0, 0.05) is 6.54 Å². The van der Waals surface area contributed by atoms with E-state index in [9.17, 15) is 32.7 Å². The number of aliphatic hydroxyl groups is 1. The number of halogens is 3. The minimum Gasteiger partial charge on any atom is -0.475 e. The second-order valence-corrected chi connectivity index (χ2v) is 6.63. The van der Waals surface area contributed by atoms with E-state index in [4.69, 9.17) is 21.4 Å². The molecule has 1 rings (SSSR count). The average molecular weight is 443 g/mol. The average Bonchev–Trinajstić information content (AvgIpc) is 3.07. The van der Waals surface area contributed by atoms with Crippen LogP contribution in [0, 0.1) is 0 Å². The molecule has 14 heteroatoms. The number of primary amides is 1. The van der Waals surface area contributed by atoms with Crippen molar-refractivity contribution in [2.24, 2.45) is 11.5 Å². The monoisotopic (exact) mass is 443 g/mol. The number of aliphatic carboxylic acids is 1. The van der Waals surface area contributed by atoms with E-state index in [1.165, 1.54) is 6.92 Å². The maximum atomic E-state index is 12.1. The fourth-order valence-electron chi connectivity index (χ4n) is 2.37. The molecule has 0 saturated carbocycles. The second-order valence-electron chi connectivity index (χ2n) is 6.63. The lowest BCUT2D eigenvalue weighted by Gasteiger charge is -2.20. The van der Waals surface area contributed by atoms with Gasteiger partial charge >= 0.3 is 12.1 Å². The fraction of sp³-hybridized carbons (Fsp3) is 0.750. The molecular weight excluding hydrogens is 415 g/mol. The van der Waals surface area contributed by atoms with Crippen LogP contribution in [0.3, 0.4) is 0 Å². The molecule has 0 aromatic rings. The number of nitrogens with one attached hydrogen (secondary N) is 3. The Labute approximate surface area is 170 Å². The number of hydrogen-bond donors (Lipinski definition) is 7. The van der Waals surface area contributed by atoms with E-state index in [-0.39, 0.29) is 5.91 Å². The quantitative estimate of drug-likeness (QED) is 0.198. The summed E-state index contributed by atoms with van der Waals surface area (Å²) in [5.74, 6) is -4.21. The molecule has 0 unspecified atom stereocenters. The third-order valence-electron chi connectivity index (χ3n) is 4.03. The lowest BCUT2D eigenvalue weighted by Crippen LogP contribution is -2.54. The number of β-amino-alcohol motifs (C(OH)–C–C–N with tert-alkyl or cyclic N) is 1. The van der Waals surface area contributed by atoms with Gasteiger partial charge in [-0.05, 0) is 39.2 Å². The third kappa shape index (κ3) is 10.9. The van der Waals surface area contributed by atoms with Crippen LogP contribution in [0.25, 0.3) is 0 Å². The van der Waals surface area contributed by atoms with Crippen molar-refractivity contribution >= 4 is 23.7 Å². The molecule has 0 aliphatic carbocycles. The maximum absolute atomic E-state index is 12.1. The van der Waals surface area contributed by atoms with Crippen LogP contribution >= 0.6 is 0 Å². The molecule has 1 aliphatic rings. The van der Waals surface area contributed by atoms with Gasteiger partial charge in [-0.2, -0.15) is 13.2 Å². The molecule has 9 N–H and O–H groups in total.